The van der Waals surface area contributed by atoms with Gasteiger partial charge in [0.15, 0.2) is 0 Å². The van der Waals surface area contributed by atoms with Crippen molar-refractivity contribution in [2.75, 3.05) is 5.75 Å². The fraction of sp³-hybridized carbons (Fsp3) is 0.273. The van der Waals surface area contributed by atoms with E-state index in [1.54, 1.807) is 12.1 Å². The molecule has 14 heavy (non-hydrogen) atoms. The lowest BCUT2D eigenvalue weighted by Gasteiger charge is -1.98. The number of thiol groups is 1. The monoisotopic (exact) mass is 209 g/mol. The molecule has 74 valence electrons. The summed E-state index contributed by atoms with van der Waals surface area (Å²) in [7, 11) is 0. The summed E-state index contributed by atoms with van der Waals surface area (Å²) in [6.07, 6.45) is 0.662. The van der Waals surface area contributed by atoms with Crippen molar-refractivity contribution in [1.82, 2.24) is 0 Å². The van der Waals surface area contributed by atoms with Crippen LogP contribution in [0.2, 0.25) is 0 Å². The third-order valence-corrected chi connectivity index (χ3v) is 1.95. The predicted octanol–water partition coefficient (Wildman–Crippen LogP) is 1.96. The van der Waals surface area contributed by atoms with Crippen molar-refractivity contribution >= 4 is 12.6 Å². The number of rotatable bonds is 2. The van der Waals surface area contributed by atoms with Crippen LogP contribution in [0.3, 0.4) is 0 Å². The van der Waals surface area contributed by atoms with Crippen molar-refractivity contribution in [2.45, 2.75) is 13.0 Å². The van der Waals surface area contributed by atoms with Crippen LogP contribution >= 0.6 is 12.6 Å². The molecule has 3 heteroatoms. The van der Waals surface area contributed by atoms with E-state index >= 15 is 0 Å². The lowest BCUT2D eigenvalue weighted by molar-refractivity contribution is 0.623. The molecule has 0 spiro atoms. The Hall–Kier alpha value is -0.980. The van der Waals surface area contributed by atoms with Crippen molar-refractivity contribution in [3.8, 4) is 11.8 Å². The van der Waals surface area contributed by atoms with Crippen molar-refractivity contribution in [2.24, 2.45) is 5.73 Å². The van der Waals surface area contributed by atoms with Gasteiger partial charge in [-0.15, -0.1) is 0 Å². The summed E-state index contributed by atoms with van der Waals surface area (Å²) in [6, 6.07) is 4.74. The van der Waals surface area contributed by atoms with Crippen LogP contribution in [-0.2, 0) is 6.54 Å². The molecule has 1 aromatic rings. The Morgan fingerprint density at radius 2 is 2.21 bits per heavy atom. The van der Waals surface area contributed by atoms with Gasteiger partial charge >= 0.3 is 0 Å². The second kappa shape index (κ2) is 5.69. The zero-order chi connectivity index (χ0) is 10.4. The smallest absolute Gasteiger partial charge is 0.138 e. The Kier molecular flexibility index (Phi) is 4.51. The molecule has 0 fully saturated rings. The van der Waals surface area contributed by atoms with Gasteiger partial charge < -0.3 is 5.73 Å². The molecule has 0 aliphatic rings. The van der Waals surface area contributed by atoms with Crippen molar-refractivity contribution in [3.63, 3.8) is 0 Å². The summed E-state index contributed by atoms with van der Waals surface area (Å²) in [6.45, 7) is 0.404. The van der Waals surface area contributed by atoms with Crippen molar-refractivity contribution in [1.29, 1.82) is 0 Å². The molecule has 0 aromatic heterocycles. The molecule has 0 heterocycles. The van der Waals surface area contributed by atoms with Gasteiger partial charge in [-0.05, 0) is 17.7 Å². The number of nitrogens with two attached hydrogens (primary N) is 1. The molecular formula is C11H12FNS. The average molecular weight is 209 g/mol. The number of hydrogen-bond acceptors (Lipinski definition) is 2. The maximum absolute atomic E-state index is 13.2. The quantitative estimate of drug-likeness (QED) is 0.565. The molecule has 0 radical (unpaired) electrons. The standard InChI is InChI=1S/C11H12FNS/c12-11-5-4-9(8-13)7-10(11)3-1-2-6-14/h4-5,7,14H,2,6,8,13H2. The Morgan fingerprint density at radius 1 is 1.43 bits per heavy atom. The molecule has 0 bridgehead atoms. The minimum Gasteiger partial charge on any atom is -0.326 e. The molecule has 0 unspecified atom stereocenters. The van der Waals surface area contributed by atoms with E-state index < -0.39 is 0 Å². The minimum absolute atomic E-state index is 0.297. The van der Waals surface area contributed by atoms with Crippen LogP contribution in [0.25, 0.3) is 0 Å². The zero-order valence-electron chi connectivity index (χ0n) is 7.76. The fourth-order valence-corrected chi connectivity index (χ4v) is 1.12. The van der Waals surface area contributed by atoms with Crippen molar-refractivity contribution < 1.29 is 4.39 Å². The summed E-state index contributed by atoms with van der Waals surface area (Å²) < 4.78 is 13.2. The van der Waals surface area contributed by atoms with Gasteiger partial charge in [0.25, 0.3) is 0 Å². The Morgan fingerprint density at radius 3 is 2.86 bits per heavy atom. The fourth-order valence-electron chi connectivity index (χ4n) is 1.01. The molecule has 0 aliphatic carbocycles. The molecule has 0 amide bonds. The molecule has 0 saturated carbocycles. The van der Waals surface area contributed by atoms with Crippen LogP contribution in [0.4, 0.5) is 4.39 Å². The van der Waals surface area contributed by atoms with E-state index in [9.17, 15) is 4.39 Å². The first-order valence-electron chi connectivity index (χ1n) is 4.36. The first-order valence-corrected chi connectivity index (χ1v) is 4.99. The maximum atomic E-state index is 13.2. The Balaban J connectivity index is 2.91. The van der Waals surface area contributed by atoms with E-state index in [1.807, 2.05) is 0 Å². The third kappa shape index (κ3) is 3.06. The Labute approximate surface area is 88.9 Å². The summed E-state index contributed by atoms with van der Waals surface area (Å²) in [4.78, 5) is 0. The highest BCUT2D eigenvalue weighted by Crippen LogP contribution is 2.08. The highest BCUT2D eigenvalue weighted by Gasteiger charge is 1.99. The van der Waals surface area contributed by atoms with E-state index in [-0.39, 0.29) is 5.82 Å². The minimum atomic E-state index is -0.297. The van der Waals surface area contributed by atoms with Crippen LogP contribution in [-0.4, -0.2) is 5.75 Å². The van der Waals surface area contributed by atoms with Crippen LogP contribution in [0.5, 0.6) is 0 Å². The Bertz CT molecular complexity index is 365. The van der Waals surface area contributed by atoms with Gasteiger partial charge in [-0.3, -0.25) is 0 Å². The van der Waals surface area contributed by atoms with Gasteiger partial charge in [0.1, 0.15) is 5.82 Å². The van der Waals surface area contributed by atoms with Gasteiger partial charge in [0.2, 0.25) is 0 Å². The molecule has 0 aliphatic heterocycles. The largest absolute Gasteiger partial charge is 0.326 e. The molecular weight excluding hydrogens is 197 g/mol. The third-order valence-electron chi connectivity index (χ3n) is 1.73. The molecule has 1 rings (SSSR count). The van der Waals surface area contributed by atoms with Gasteiger partial charge in [-0.25, -0.2) is 4.39 Å². The van der Waals surface area contributed by atoms with Gasteiger partial charge in [-0.2, -0.15) is 12.6 Å². The molecule has 0 atom stereocenters. The second-order valence-corrected chi connectivity index (χ2v) is 3.24. The normalized spacial score (nSPS) is 9.36. The van der Waals surface area contributed by atoms with Crippen LogP contribution < -0.4 is 5.73 Å². The van der Waals surface area contributed by atoms with Gasteiger partial charge in [0, 0.05) is 18.7 Å². The summed E-state index contributed by atoms with van der Waals surface area (Å²) in [5.74, 6) is 5.98. The van der Waals surface area contributed by atoms with E-state index in [2.05, 4.69) is 24.5 Å². The molecule has 0 saturated heterocycles. The maximum Gasteiger partial charge on any atom is 0.138 e. The summed E-state index contributed by atoms with van der Waals surface area (Å²) in [5.41, 5.74) is 6.74. The second-order valence-electron chi connectivity index (χ2n) is 2.79. The first-order chi connectivity index (χ1) is 6.77. The lowest BCUT2D eigenvalue weighted by atomic mass is 10.1. The topological polar surface area (TPSA) is 26.0 Å². The lowest BCUT2D eigenvalue weighted by Crippen LogP contribution is -1.97. The SMILES string of the molecule is NCc1ccc(F)c(C#CCCS)c1. The molecule has 2 N–H and O–H groups in total. The molecule has 1 nitrogen and oxygen atoms in total. The number of halogens is 1. The predicted molar refractivity (Wildman–Crippen MR) is 59.6 cm³/mol. The van der Waals surface area contributed by atoms with Gasteiger partial charge in [-0.1, -0.05) is 17.9 Å². The van der Waals surface area contributed by atoms with E-state index in [4.69, 9.17) is 5.73 Å². The van der Waals surface area contributed by atoms with E-state index in [0.29, 0.717) is 24.3 Å². The highest BCUT2D eigenvalue weighted by atomic mass is 32.1. The van der Waals surface area contributed by atoms with Crippen LogP contribution in [0, 0.1) is 17.7 Å². The zero-order valence-corrected chi connectivity index (χ0v) is 8.65. The van der Waals surface area contributed by atoms with E-state index in [0.717, 1.165) is 5.56 Å². The number of benzene rings is 1. The van der Waals surface area contributed by atoms with Gasteiger partial charge in [0.05, 0.1) is 5.56 Å². The average Bonchev–Trinajstić information content (AvgIpc) is 2.21. The van der Waals surface area contributed by atoms with Crippen LogP contribution in [0.1, 0.15) is 17.5 Å². The van der Waals surface area contributed by atoms with Crippen molar-refractivity contribution in [3.05, 3.63) is 35.1 Å². The first kappa shape index (κ1) is 11.1. The summed E-state index contributed by atoms with van der Waals surface area (Å²) in [5, 5.41) is 0. The van der Waals surface area contributed by atoms with E-state index in [1.165, 1.54) is 6.07 Å². The molecule has 1 aromatic carbocycles. The van der Waals surface area contributed by atoms with Crippen LogP contribution in [0.15, 0.2) is 18.2 Å². The highest BCUT2D eigenvalue weighted by molar-refractivity contribution is 7.80. The summed E-state index contributed by atoms with van der Waals surface area (Å²) >= 11 is 4.02. The number of hydrogen-bond donors (Lipinski definition) is 2.